The van der Waals surface area contributed by atoms with E-state index in [2.05, 4.69) is 41.1 Å². The molecule has 1 aromatic heterocycles. The monoisotopic (exact) mass is 313 g/mol. The molecule has 0 aliphatic carbocycles. The fourth-order valence-electron chi connectivity index (χ4n) is 3.00. The number of anilines is 1. The molecule has 2 aromatic rings. The van der Waals surface area contributed by atoms with Crippen LogP contribution < -0.4 is 4.90 Å². The van der Waals surface area contributed by atoms with Crippen LogP contribution in [0.1, 0.15) is 10.4 Å². The van der Waals surface area contributed by atoms with Crippen molar-refractivity contribution in [1.29, 1.82) is 0 Å². The molecule has 5 heteroatoms. The average Bonchev–Trinajstić information content (AvgIpc) is 2.97. The first kappa shape index (κ1) is 15.6. The molecule has 1 aliphatic heterocycles. The fraction of sp³-hybridized carbons (Fsp3) is 0.389. The Morgan fingerprint density at radius 3 is 2.26 bits per heavy atom. The second-order valence-electron chi connectivity index (χ2n) is 6.08. The van der Waals surface area contributed by atoms with Gasteiger partial charge in [-0.3, -0.25) is 0 Å². The van der Waals surface area contributed by atoms with Gasteiger partial charge in [0.25, 0.3) is 0 Å². The van der Waals surface area contributed by atoms with E-state index in [1.165, 1.54) is 12.8 Å². The van der Waals surface area contributed by atoms with Gasteiger partial charge in [-0.2, -0.15) is 0 Å². The van der Waals surface area contributed by atoms with E-state index < -0.39 is 0 Å². The van der Waals surface area contributed by atoms with Gasteiger partial charge >= 0.3 is 5.97 Å². The number of aryl methyl sites for hydroxylation is 1. The quantitative estimate of drug-likeness (QED) is 0.815. The van der Waals surface area contributed by atoms with Crippen molar-refractivity contribution in [3.8, 4) is 11.1 Å². The van der Waals surface area contributed by atoms with Gasteiger partial charge in [-0.05, 0) is 24.7 Å². The average molecular weight is 313 g/mol. The molecule has 1 aromatic carbocycles. The first-order chi connectivity index (χ1) is 11.1. The molecule has 2 heterocycles. The van der Waals surface area contributed by atoms with E-state index in [4.69, 9.17) is 4.74 Å². The number of benzene rings is 1. The summed E-state index contributed by atoms with van der Waals surface area (Å²) in [6, 6.07) is 8.42. The number of carbonyl (C=O) groups is 1. The minimum absolute atomic E-state index is 0.302. The van der Waals surface area contributed by atoms with E-state index in [9.17, 15) is 4.79 Å². The lowest BCUT2D eigenvalue weighted by molar-refractivity contribution is 0.0601. The third kappa shape index (κ3) is 3.24. The van der Waals surface area contributed by atoms with E-state index in [1.54, 1.807) is 6.20 Å². The number of hydrogen-bond donors (Lipinski definition) is 0. The largest absolute Gasteiger partial charge is 0.465 e. The Bertz CT molecular complexity index is 683. The zero-order valence-electron chi connectivity index (χ0n) is 14.0. The van der Waals surface area contributed by atoms with Gasteiger partial charge in [-0.15, -0.1) is 0 Å². The summed E-state index contributed by atoms with van der Waals surface area (Å²) >= 11 is 0. The van der Waals surface area contributed by atoms with E-state index >= 15 is 0 Å². The summed E-state index contributed by atoms with van der Waals surface area (Å²) in [6.07, 6.45) is 3.76. The number of aromatic nitrogens is 1. The van der Waals surface area contributed by atoms with E-state index in [0.29, 0.717) is 5.56 Å². The summed E-state index contributed by atoms with van der Waals surface area (Å²) < 4.78 is 6.76. The summed E-state index contributed by atoms with van der Waals surface area (Å²) in [5.41, 5.74) is 3.77. The van der Waals surface area contributed by atoms with Crippen molar-refractivity contribution in [1.82, 2.24) is 9.47 Å². The van der Waals surface area contributed by atoms with Crippen LogP contribution in [0.5, 0.6) is 0 Å². The zero-order valence-corrected chi connectivity index (χ0v) is 14.0. The molecule has 0 radical (unpaired) electrons. The zero-order chi connectivity index (χ0) is 16.4. The van der Waals surface area contributed by atoms with Crippen molar-refractivity contribution in [3.05, 3.63) is 42.2 Å². The molecule has 0 atom stereocenters. The van der Waals surface area contributed by atoms with Crippen LogP contribution in [0.25, 0.3) is 11.1 Å². The van der Waals surface area contributed by atoms with E-state index in [1.807, 2.05) is 17.8 Å². The SMILES string of the molecule is COC(=O)c1cn(C)cc1-c1ccc(N2CCN(C)CC2)cc1. The number of methoxy groups -OCH3 is 1. The maximum Gasteiger partial charge on any atom is 0.340 e. The van der Waals surface area contributed by atoms with Gasteiger partial charge in [0.05, 0.1) is 12.7 Å². The smallest absolute Gasteiger partial charge is 0.340 e. The third-order valence-electron chi connectivity index (χ3n) is 4.41. The molecule has 0 N–H and O–H groups in total. The molecule has 0 unspecified atom stereocenters. The van der Waals surface area contributed by atoms with Crippen LogP contribution in [0, 0.1) is 0 Å². The van der Waals surface area contributed by atoms with Crippen LogP contribution >= 0.6 is 0 Å². The molecule has 0 amide bonds. The number of nitrogens with zero attached hydrogens (tertiary/aromatic N) is 3. The number of ether oxygens (including phenoxy) is 1. The Hall–Kier alpha value is -2.27. The molecule has 3 rings (SSSR count). The number of hydrogen-bond acceptors (Lipinski definition) is 4. The fourth-order valence-corrected chi connectivity index (χ4v) is 3.00. The maximum atomic E-state index is 11.9. The minimum atomic E-state index is -0.302. The summed E-state index contributed by atoms with van der Waals surface area (Å²) in [5, 5.41) is 0. The third-order valence-corrected chi connectivity index (χ3v) is 4.41. The molecular formula is C18H23N3O2. The maximum absolute atomic E-state index is 11.9. The van der Waals surface area contributed by atoms with E-state index in [-0.39, 0.29) is 5.97 Å². The van der Waals surface area contributed by atoms with Gasteiger partial charge in [0.2, 0.25) is 0 Å². The molecule has 1 aliphatic rings. The van der Waals surface area contributed by atoms with Gasteiger partial charge in [-0.25, -0.2) is 4.79 Å². The van der Waals surface area contributed by atoms with Crippen LogP contribution in [0.3, 0.4) is 0 Å². The highest BCUT2D eigenvalue weighted by atomic mass is 16.5. The lowest BCUT2D eigenvalue weighted by Crippen LogP contribution is -2.44. The Labute approximate surface area is 137 Å². The van der Waals surface area contributed by atoms with Crippen molar-refractivity contribution in [2.24, 2.45) is 7.05 Å². The Morgan fingerprint density at radius 2 is 1.65 bits per heavy atom. The van der Waals surface area contributed by atoms with Gasteiger partial charge in [-0.1, -0.05) is 12.1 Å². The summed E-state index contributed by atoms with van der Waals surface area (Å²) in [5.74, 6) is -0.302. The van der Waals surface area contributed by atoms with Gasteiger partial charge < -0.3 is 19.1 Å². The normalized spacial score (nSPS) is 15.7. The van der Waals surface area contributed by atoms with Crippen molar-refractivity contribution in [3.63, 3.8) is 0 Å². The molecule has 0 spiro atoms. The molecule has 5 nitrogen and oxygen atoms in total. The number of piperazine rings is 1. The predicted octanol–water partition coefficient (Wildman–Crippen LogP) is 2.23. The van der Waals surface area contributed by atoms with Gasteiger partial charge in [0.15, 0.2) is 0 Å². The molecule has 1 saturated heterocycles. The van der Waals surface area contributed by atoms with Crippen molar-refractivity contribution in [2.45, 2.75) is 0 Å². The number of likely N-dealkylation sites (N-methyl/N-ethyl adjacent to an activating group) is 1. The Morgan fingerprint density at radius 1 is 1.00 bits per heavy atom. The van der Waals surface area contributed by atoms with Crippen molar-refractivity contribution < 1.29 is 9.53 Å². The molecular weight excluding hydrogens is 290 g/mol. The predicted molar refractivity (Wildman–Crippen MR) is 91.9 cm³/mol. The Kier molecular flexibility index (Phi) is 4.39. The highest BCUT2D eigenvalue weighted by Crippen LogP contribution is 2.27. The number of rotatable bonds is 3. The van der Waals surface area contributed by atoms with E-state index in [0.717, 1.165) is 37.3 Å². The van der Waals surface area contributed by atoms with Crippen molar-refractivity contribution in [2.75, 3.05) is 45.2 Å². The van der Waals surface area contributed by atoms with Crippen LogP contribution in [0.15, 0.2) is 36.7 Å². The standard InChI is InChI=1S/C18H23N3O2/c1-19-8-10-21(11-9-19)15-6-4-14(5-7-15)16-12-20(2)13-17(16)18(22)23-3/h4-7,12-13H,8-11H2,1-3H3. The first-order valence-corrected chi connectivity index (χ1v) is 7.86. The molecule has 23 heavy (non-hydrogen) atoms. The van der Waals surface area contributed by atoms with Crippen LogP contribution in [0.4, 0.5) is 5.69 Å². The van der Waals surface area contributed by atoms with Gasteiger partial charge in [0.1, 0.15) is 0 Å². The van der Waals surface area contributed by atoms with Gasteiger partial charge in [0, 0.05) is 56.9 Å². The topological polar surface area (TPSA) is 37.7 Å². The summed E-state index contributed by atoms with van der Waals surface area (Å²) in [6.45, 7) is 4.28. The highest BCUT2D eigenvalue weighted by Gasteiger charge is 2.17. The van der Waals surface area contributed by atoms with Crippen LogP contribution in [0.2, 0.25) is 0 Å². The Balaban J connectivity index is 1.84. The highest BCUT2D eigenvalue weighted by molar-refractivity contribution is 5.97. The van der Waals surface area contributed by atoms with Crippen LogP contribution in [-0.4, -0.2) is 55.8 Å². The number of esters is 1. The second kappa shape index (κ2) is 6.46. The molecule has 1 fully saturated rings. The van der Waals surface area contributed by atoms with Crippen LogP contribution in [-0.2, 0) is 11.8 Å². The van der Waals surface area contributed by atoms with Crippen molar-refractivity contribution >= 4 is 11.7 Å². The first-order valence-electron chi connectivity index (χ1n) is 7.86. The lowest BCUT2D eigenvalue weighted by atomic mass is 10.0. The summed E-state index contributed by atoms with van der Waals surface area (Å²) in [7, 11) is 5.48. The molecule has 122 valence electrons. The summed E-state index contributed by atoms with van der Waals surface area (Å²) in [4.78, 5) is 16.7. The second-order valence-corrected chi connectivity index (χ2v) is 6.08. The number of carbonyl (C=O) groups excluding carboxylic acids is 1. The lowest BCUT2D eigenvalue weighted by Gasteiger charge is -2.34. The minimum Gasteiger partial charge on any atom is -0.465 e. The molecule has 0 saturated carbocycles. The molecule has 0 bridgehead atoms.